The lowest BCUT2D eigenvalue weighted by atomic mass is 10.2. The zero-order valence-electron chi connectivity index (χ0n) is 17.4. The molecule has 4 aromatic rings. The number of aryl methyl sites for hydroxylation is 2. The molecule has 4 heterocycles. The molecule has 0 aliphatic heterocycles. The van der Waals surface area contributed by atoms with Crippen LogP contribution in [0.15, 0.2) is 77.8 Å². The molecule has 150 valence electrons. The van der Waals surface area contributed by atoms with Crippen molar-refractivity contribution >= 4 is 11.8 Å². The number of hydrogen-bond donors (Lipinski definition) is 0. The molecule has 1 atom stereocenters. The summed E-state index contributed by atoms with van der Waals surface area (Å²) in [5.74, 6) is 0. The molecule has 5 heteroatoms. The number of hydrogen-bond acceptors (Lipinski definition) is 5. The van der Waals surface area contributed by atoms with E-state index in [1.54, 1.807) is 11.8 Å². The SMILES string of the molecule is Cc1cccc(-c2cccc(CC(C)Sc3cccc(-c4cccc(C)n4)n3)n2)n1. The average molecular weight is 413 g/mol. The van der Waals surface area contributed by atoms with Crippen molar-refractivity contribution in [3.05, 3.63) is 89.9 Å². The Bertz CT molecular complexity index is 1070. The minimum atomic E-state index is 0.339. The molecule has 0 N–H and O–H groups in total. The Morgan fingerprint density at radius 3 is 1.73 bits per heavy atom. The van der Waals surface area contributed by atoms with Crippen molar-refractivity contribution < 1.29 is 0 Å². The van der Waals surface area contributed by atoms with Crippen LogP contribution in [0.5, 0.6) is 0 Å². The molecule has 4 rings (SSSR count). The minimum Gasteiger partial charge on any atom is -0.251 e. The molecular formula is C25H24N4S. The largest absolute Gasteiger partial charge is 0.251 e. The van der Waals surface area contributed by atoms with Crippen molar-refractivity contribution in [3.8, 4) is 22.8 Å². The smallest absolute Gasteiger partial charge is 0.0970 e. The Balaban J connectivity index is 1.47. The molecule has 0 fully saturated rings. The Hall–Kier alpha value is -3.05. The molecule has 0 aromatic carbocycles. The maximum absolute atomic E-state index is 4.83. The molecule has 0 amide bonds. The first-order valence-electron chi connectivity index (χ1n) is 10.0. The summed E-state index contributed by atoms with van der Waals surface area (Å²) < 4.78 is 0. The Morgan fingerprint density at radius 1 is 0.633 bits per heavy atom. The van der Waals surface area contributed by atoms with E-state index in [0.29, 0.717) is 5.25 Å². The van der Waals surface area contributed by atoms with Crippen LogP contribution in [0, 0.1) is 13.8 Å². The fraction of sp³-hybridized carbons (Fsp3) is 0.200. The van der Waals surface area contributed by atoms with Crippen molar-refractivity contribution in [1.29, 1.82) is 0 Å². The fourth-order valence-corrected chi connectivity index (χ4v) is 4.25. The maximum atomic E-state index is 4.83. The molecule has 30 heavy (non-hydrogen) atoms. The van der Waals surface area contributed by atoms with Gasteiger partial charge < -0.3 is 0 Å². The lowest BCUT2D eigenvalue weighted by molar-refractivity contribution is 0.897. The summed E-state index contributed by atoms with van der Waals surface area (Å²) in [5, 5.41) is 1.34. The van der Waals surface area contributed by atoms with Gasteiger partial charge in [-0.25, -0.2) is 4.98 Å². The molecule has 0 saturated heterocycles. The van der Waals surface area contributed by atoms with Gasteiger partial charge in [-0.1, -0.05) is 31.2 Å². The third-order valence-corrected chi connectivity index (χ3v) is 5.69. The predicted molar refractivity (Wildman–Crippen MR) is 123 cm³/mol. The Kier molecular flexibility index (Phi) is 6.19. The second-order valence-electron chi connectivity index (χ2n) is 7.34. The van der Waals surface area contributed by atoms with E-state index in [0.717, 1.165) is 51.3 Å². The Morgan fingerprint density at radius 2 is 1.13 bits per heavy atom. The molecule has 0 aliphatic rings. The molecule has 4 nitrogen and oxygen atoms in total. The van der Waals surface area contributed by atoms with E-state index in [9.17, 15) is 0 Å². The Labute approximate surface area is 181 Å². The van der Waals surface area contributed by atoms with Gasteiger partial charge in [-0.2, -0.15) is 0 Å². The third kappa shape index (κ3) is 5.10. The van der Waals surface area contributed by atoms with Crippen molar-refractivity contribution in [2.75, 3.05) is 0 Å². The van der Waals surface area contributed by atoms with Gasteiger partial charge in [0.2, 0.25) is 0 Å². The van der Waals surface area contributed by atoms with Gasteiger partial charge >= 0.3 is 0 Å². The van der Waals surface area contributed by atoms with Crippen LogP contribution in [-0.4, -0.2) is 25.2 Å². The summed E-state index contributed by atoms with van der Waals surface area (Å²) in [7, 11) is 0. The number of pyridine rings is 4. The highest BCUT2D eigenvalue weighted by atomic mass is 32.2. The highest BCUT2D eigenvalue weighted by Gasteiger charge is 2.11. The first-order chi connectivity index (χ1) is 14.6. The van der Waals surface area contributed by atoms with E-state index in [1.165, 1.54) is 0 Å². The van der Waals surface area contributed by atoms with Crippen molar-refractivity contribution in [1.82, 2.24) is 19.9 Å². The summed E-state index contributed by atoms with van der Waals surface area (Å²) >= 11 is 1.76. The zero-order valence-corrected chi connectivity index (χ0v) is 18.2. The van der Waals surface area contributed by atoms with E-state index in [2.05, 4.69) is 35.1 Å². The van der Waals surface area contributed by atoms with Gasteiger partial charge in [-0.15, -0.1) is 11.8 Å². The molecule has 4 aromatic heterocycles. The lowest BCUT2D eigenvalue weighted by Crippen LogP contribution is -2.05. The second kappa shape index (κ2) is 9.18. The normalized spacial score (nSPS) is 12.0. The lowest BCUT2D eigenvalue weighted by Gasteiger charge is -2.12. The molecule has 0 aliphatic carbocycles. The minimum absolute atomic E-state index is 0.339. The van der Waals surface area contributed by atoms with Crippen LogP contribution < -0.4 is 0 Å². The van der Waals surface area contributed by atoms with Gasteiger partial charge in [-0.3, -0.25) is 15.0 Å². The standard InChI is InChI=1S/C25H24N4S/c1-17-8-4-11-21(26-17)23-13-6-10-20(28-23)16-19(3)30-25-15-7-14-24(29-25)22-12-5-9-18(2)27-22/h4-15,19H,16H2,1-3H3. The third-order valence-electron chi connectivity index (χ3n) is 4.65. The van der Waals surface area contributed by atoms with Gasteiger partial charge in [0.1, 0.15) is 0 Å². The van der Waals surface area contributed by atoms with E-state index >= 15 is 0 Å². The van der Waals surface area contributed by atoms with Crippen LogP contribution >= 0.6 is 11.8 Å². The summed E-state index contributed by atoms with van der Waals surface area (Å²) in [4.78, 5) is 18.8. The van der Waals surface area contributed by atoms with Gasteiger partial charge in [0.15, 0.2) is 0 Å². The van der Waals surface area contributed by atoms with Crippen LogP contribution in [0.1, 0.15) is 24.0 Å². The molecule has 0 radical (unpaired) electrons. The maximum Gasteiger partial charge on any atom is 0.0970 e. The second-order valence-corrected chi connectivity index (χ2v) is 8.79. The summed E-state index contributed by atoms with van der Waals surface area (Å²) in [6.45, 7) is 6.21. The van der Waals surface area contributed by atoms with E-state index in [4.69, 9.17) is 9.97 Å². The van der Waals surface area contributed by atoms with Crippen molar-refractivity contribution in [2.45, 2.75) is 37.5 Å². The zero-order chi connectivity index (χ0) is 20.9. The molecular weight excluding hydrogens is 388 g/mol. The molecule has 0 bridgehead atoms. The topological polar surface area (TPSA) is 51.6 Å². The molecule has 0 spiro atoms. The summed E-state index contributed by atoms with van der Waals surface area (Å²) in [6, 6.07) is 24.3. The molecule has 1 unspecified atom stereocenters. The van der Waals surface area contributed by atoms with Crippen LogP contribution in [0.4, 0.5) is 0 Å². The first kappa shape index (κ1) is 20.2. The first-order valence-corrected chi connectivity index (χ1v) is 10.9. The summed E-state index contributed by atoms with van der Waals surface area (Å²) in [5.41, 5.74) is 6.70. The number of thioether (sulfide) groups is 1. The van der Waals surface area contributed by atoms with Gasteiger partial charge in [0, 0.05) is 28.8 Å². The highest BCUT2D eigenvalue weighted by Crippen LogP contribution is 2.26. The predicted octanol–water partition coefficient (Wildman–Crippen LogP) is 5.94. The number of nitrogens with zero attached hydrogens (tertiary/aromatic N) is 4. The van der Waals surface area contributed by atoms with Crippen LogP contribution in [0.2, 0.25) is 0 Å². The highest BCUT2D eigenvalue weighted by molar-refractivity contribution is 7.99. The van der Waals surface area contributed by atoms with Crippen LogP contribution in [0.3, 0.4) is 0 Å². The fourth-order valence-electron chi connectivity index (χ4n) is 3.27. The number of aromatic nitrogens is 4. The number of rotatable bonds is 6. The van der Waals surface area contributed by atoms with Crippen molar-refractivity contribution in [3.63, 3.8) is 0 Å². The quantitative estimate of drug-likeness (QED) is 0.367. The van der Waals surface area contributed by atoms with Gasteiger partial charge in [0.25, 0.3) is 0 Å². The monoisotopic (exact) mass is 412 g/mol. The van der Waals surface area contributed by atoms with Crippen LogP contribution in [0.25, 0.3) is 22.8 Å². The van der Waals surface area contributed by atoms with Crippen LogP contribution in [-0.2, 0) is 6.42 Å². The van der Waals surface area contributed by atoms with E-state index in [1.807, 2.05) is 68.4 Å². The van der Waals surface area contributed by atoms with E-state index < -0.39 is 0 Å². The van der Waals surface area contributed by atoms with Gasteiger partial charge in [-0.05, 0) is 62.4 Å². The molecule has 0 saturated carbocycles. The van der Waals surface area contributed by atoms with Crippen molar-refractivity contribution in [2.24, 2.45) is 0 Å². The van der Waals surface area contributed by atoms with E-state index in [-0.39, 0.29) is 0 Å². The summed E-state index contributed by atoms with van der Waals surface area (Å²) in [6.07, 6.45) is 0.860. The average Bonchev–Trinajstić information content (AvgIpc) is 2.74. The van der Waals surface area contributed by atoms with Gasteiger partial charge in [0.05, 0.1) is 27.8 Å².